The molecule has 0 fully saturated rings. The Labute approximate surface area is 187 Å². The lowest BCUT2D eigenvalue weighted by atomic mass is 9.95. The molecule has 4 heteroatoms. The Morgan fingerprint density at radius 3 is 2.52 bits per heavy atom. The van der Waals surface area contributed by atoms with Crippen LogP contribution in [0.15, 0.2) is 69.6 Å². The Morgan fingerprint density at radius 1 is 1.23 bits per heavy atom. The van der Waals surface area contributed by atoms with Gasteiger partial charge in [0.15, 0.2) is 11.3 Å². The third-order valence-electron chi connectivity index (χ3n) is 5.45. The van der Waals surface area contributed by atoms with Gasteiger partial charge in [-0.1, -0.05) is 60.1 Å². The second kappa shape index (κ2) is 13.0. The normalized spacial score (nSPS) is 16.0. The predicted octanol–water partition coefficient (Wildman–Crippen LogP) is 5.98. The number of aliphatic hydroxyl groups is 1. The lowest BCUT2D eigenvalue weighted by Crippen LogP contribution is -2.17. The average molecular weight is 426 g/mol. The third kappa shape index (κ3) is 8.97. The molecule has 0 aliphatic carbocycles. The largest absolute Gasteiger partial charge is 0.482 e. The van der Waals surface area contributed by atoms with Crippen LogP contribution >= 0.6 is 0 Å². The summed E-state index contributed by atoms with van der Waals surface area (Å²) < 4.78 is 5.16. The van der Waals surface area contributed by atoms with Gasteiger partial charge in [-0.25, -0.2) is 0 Å². The molecule has 1 aromatic heterocycles. The summed E-state index contributed by atoms with van der Waals surface area (Å²) in [5.41, 5.74) is 6.06. The number of hydrogen-bond acceptors (Lipinski definition) is 3. The zero-order valence-electron chi connectivity index (χ0n) is 20.4. The molecule has 0 aromatic carbocycles. The Morgan fingerprint density at radius 2 is 1.90 bits per heavy atom. The van der Waals surface area contributed by atoms with Gasteiger partial charge < -0.3 is 14.8 Å². The van der Waals surface area contributed by atoms with Gasteiger partial charge in [-0.05, 0) is 53.5 Å². The van der Waals surface area contributed by atoms with Crippen molar-refractivity contribution < 1.29 is 9.84 Å². The maximum Gasteiger partial charge on any atom is 0.194 e. The molecule has 2 N–H and O–H groups in total. The highest BCUT2D eigenvalue weighted by molar-refractivity contribution is 5.28. The van der Waals surface area contributed by atoms with Crippen molar-refractivity contribution in [2.45, 2.75) is 67.4 Å². The molecule has 0 aliphatic heterocycles. The number of aliphatic hydroxyl groups excluding tert-OH is 1. The van der Waals surface area contributed by atoms with Gasteiger partial charge in [-0.2, -0.15) is 0 Å². The molecule has 1 aromatic rings. The zero-order chi connectivity index (χ0) is 23.6. The first kappa shape index (κ1) is 26.4. The number of aromatic nitrogens is 1. The molecule has 0 unspecified atom stereocenters. The Bertz CT molecular complexity index is 942. The van der Waals surface area contributed by atoms with Crippen LogP contribution in [-0.4, -0.2) is 23.3 Å². The van der Waals surface area contributed by atoms with Crippen LogP contribution in [0.3, 0.4) is 0 Å². The quantitative estimate of drug-likeness (QED) is 0.358. The number of pyridine rings is 1. The standard InChI is InChI=1S/C27H39NO3/c1-9-18(2)15-21(5)27(30)22(6)16-20(4)12-10-11-19(3)13-14-24-23(7)25(29)17-26(28-24)31-8/h9-10,12-13,15-17,22,27,30H,11,14H2,1-8H3,(H,28,29)/b12-10+,18-9+,19-13+,20-16+,21-15+/t22-,27+/m1/s1. The summed E-state index contributed by atoms with van der Waals surface area (Å²) in [5.74, 6) is 0.523. The molecule has 170 valence electrons. The molecule has 0 radical (unpaired) electrons. The monoisotopic (exact) mass is 425 g/mol. The molecule has 0 bridgehead atoms. The van der Waals surface area contributed by atoms with Crippen molar-refractivity contribution >= 4 is 0 Å². The van der Waals surface area contributed by atoms with Gasteiger partial charge in [0.1, 0.15) is 0 Å². The molecule has 4 nitrogen and oxygen atoms in total. The van der Waals surface area contributed by atoms with Gasteiger partial charge in [-0.3, -0.25) is 4.79 Å². The molecule has 0 spiro atoms. The van der Waals surface area contributed by atoms with Gasteiger partial charge in [0.05, 0.1) is 13.2 Å². The fourth-order valence-electron chi connectivity index (χ4n) is 3.26. The number of ether oxygens (including phenoxy) is 1. The van der Waals surface area contributed by atoms with Crippen molar-refractivity contribution in [2.75, 3.05) is 7.11 Å². The summed E-state index contributed by atoms with van der Waals surface area (Å²) in [5, 5.41) is 10.5. The molecule has 31 heavy (non-hydrogen) atoms. The summed E-state index contributed by atoms with van der Waals surface area (Å²) in [6, 6.07) is 1.48. The Hall–Kier alpha value is -2.59. The Kier molecular flexibility index (Phi) is 11.1. The smallest absolute Gasteiger partial charge is 0.194 e. The van der Waals surface area contributed by atoms with E-state index in [1.165, 1.54) is 11.6 Å². The third-order valence-corrected chi connectivity index (χ3v) is 5.45. The fraction of sp³-hybridized carbons (Fsp3) is 0.444. The maximum absolute atomic E-state index is 12.0. The van der Waals surface area contributed by atoms with E-state index in [0.717, 1.165) is 34.4 Å². The summed E-state index contributed by atoms with van der Waals surface area (Å²) in [6.07, 6.45) is 13.5. The first-order valence-electron chi connectivity index (χ1n) is 10.9. The predicted molar refractivity (Wildman–Crippen MR) is 132 cm³/mol. The van der Waals surface area contributed by atoms with Crippen LogP contribution in [0.2, 0.25) is 0 Å². The van der Waals surface area contributed by atoms with Crippen LogP contribution in [0.4, 0.5) is 0 Å². The van der Waals surface area contributed by atoms with Crippen molar-refractivity contribution in [3.05, 3.63) is 86.3 Å². The first-order valence-corrected chi connectivity index (χ1v) is 10.9. The van der Waals surface area contributed by atoms with Gasteiger partial charge in [0.2, 0.25) is 0 Å². The minimum atomic E-state index is -0.492. The minimum absolute atomic E-state index is 0.0143. The van der Waals surface area contributed by atoms with E-state index >= 15 is 0 Å². The van der Waals surface area contributed by atoms with E-state index in [-0.39, 0.29) is 11.3 Å². The topological polar surface area (TPSA) is 62.3 Å². The van der Waals surface area contributed by atoms with Crippen molar-refractivity contribution in [3.63, 3.8) is 0 Å². The van der Waals surface area contributed by atoms with Gasteiger partial charge in [0.25, 0.3) is 0 Å². The number of H-pyrrole nitrogens is 1. The number of hydrogen-bond donors (Lipinski definition) is 2. The number of allylic oxidation sites excluding steroid dienone is 8. The zero-order valence-corrected chi connectivity index (χ0v) is 20.4. The van der Waals surface area contributed by atoms with Crippen LogP contribution in [0, 0.1) is 12.8 Å². The van der Waals surface area contributed by atoms with Gasteiger partial charge >= 0.3 is 0 Å². The van der Waals surface area contributed by atoms with E-state index in [9.17, 15) is 9.90 Å². The molecular weight excluding hydrogens is 386 g/mol. The van der Waals surface area contributed by atoms with E-state index in [4.69, 9.17) is 4.74 Å². The number of rotatable bonds is 10. The summed E-state index contributed by atoms with van der Waals surface area (Å²) in [7, 11) is 1.55. The number of aromatic amines is 1. The molecule has 1 heterocycles. The summed E-state index contributed by atoms with van der Waals surface area (Å²) in [6.45, 7) is 14.0. The molecule has 0 amide bonds. The average Bonchev–Trinajstić information content (AvgIpc) is 2.73. The van der Waals surface area contributed by atoms with Crippen LogP contribution < -0.4 is 10.2 Å². The molecule has 0 saturated heterocycles. The number of methoxy groups -OCH3 is 1. The highest BCUT2D eigenvalue weighted by Crippen LogP contribution is 2.18. The highest BCUT2D eigenvalue weighted by atomic mass is 16.5. The van der Waals surface area contributed by atoms with Gasteiger partial charge in [0, 0.05) is 29.7 Å². The lowest BCUT2D eigenvalue weighted by Gasteiger charge is -2.17. The van der Waals surface area contributed by atoms with Crippen LogP contribution in [0.25, 0.3) is 0 Å². The SMILES string of the molecule is C/C=C(C)/C=C(\C)[C@H](O)[C@H](C)/C=C(C)/C=C/C/C(C)=C/Cc1[nH]c(OC)cc(=O)c1C. The summed E-state index contributed by atoms with van der Waals surface area (Å²) >= 11 is 0. The van der Waals surface area contributed by atoms with Crippen molar-refractivity contribution in [1.29, 1.82) is 0 Å². The van der Waals surface area contributed by atoms with E-state index in [1.807, 2.05) is 46.8 Å². The van der Waals surface area contributed by atoms with Crippen molar-refractivity contribution in [2.24, 2.45) is 5.92 Å². The molecule has 1 rings (SSSR count). The van der Waals surface area contributed by atoms with E-state index in [0.29, 0.717) is 12.3 Å². The molecule has 0 aliphatic rings. The first-order chi connectivity index (χ1) is 14.6. The van der Waals surface area contributed by atoms with Gasteiger partial charge in [-0.15, -0.1) is 0 Å². The van der Waals surface area contributed by atoms with Crippen molar-refractivity contribution in [1.82, 2.24) is 4.98 Å². The fourth-order valence-corrected chi connectivity index (χ4v) is 3.26. The molecule has 0 saturated carbocycles. The molecular formula is C27H39NO3. The lowest BCUT2D eigenvalue weighted by molar-refractivity contribution is 0.173. The molecule has 2 atom stereocenters. The highest BCUT2D eigenvalue weighted by Gasteiger charge is 2.13. The van der Waals surface area contributed by atoms with Crippen molar-refractivity contribution in [3.8, 4) is 5.88 Å². The minimum Gasteiger partial charge on any atom is -0.482 e. The van der Waals surface area contributed by atoms with Crippen LogP contribution in [-0.2, 0) is 6.42 Å². The maximum atomic E-state index is 12.0. The van der Waals surface area contributed by atoms with E-state index in [2.05, 4.69) is 43.1 Å². The second-order valence-corrected chi connectivity index (χ2v) is 8.30. The number of nitrogens with one attached hydrogen (secondary N) is 1. The Balaban J connectivity index is 2.73. The van der Waals surface area contributed by atoms with Crippen LogP contribution in [0.1, 0.15) is 59.2 Å². The van der Waals surface area contributed by atoms with E-state index < -0.39 is 6.10 Å². The van der Waals surface area contributed by atoms with E-state index in [1.54, 1.807) is 7.11 Å². The second-order valence-electron chi connectivity index (χ2n) is 8.30. The summed E-state index contributed by atoms with van der Waals surface area (Å²) in [4.78, 5) is 15.2. The van der Waals surface area contributed by atoms with Crippen LogP contribution in [0.5, 0.6) is 5.88 Å².